The summed E-state index contributed by atoms with van der Waals surface area (Å²) in [6.07, 6.45) is 1.98. The number of unbranched alkanes of at least 4 members (excludes halogenated alkanes) is 1. The smallest absolute Gasteiger partial charge is 0.326 e. The number of hydrogen-bond acceptors (Lipinski definition) is 2. The maximum absolute atomic E-state index is 11.0. The highest BCUT2D eigenvalue weighted by molar-refractivity contribution is 6.53. The van der Waals surface area contributed by atoms with E-state index in [-0.39, 0.29) is 0 Å². The van der Waals surface area contributed by atoms with Crippen LogP contribution in [0.3, 0.4) is 0 Å². The lowest BCUT2D eigenvalue weighted by Gasteiger charge is -2.14. The van der Waals surface area contributed by atoms with E-state index >= 15 is 0 Å². The Bertz CT molecular complexity index is 209. The highest BCUT2D eigenvalue weighted by atomic mass is 35.5. The molecular formula is C8H13Cl2NO3. The van der Waals surface area contributed by atoms with E-state index in [9.17, 15) is 9.59 Å². The van der Waals surface area contributed by atoms with E-state index < -0.39 is 22.8 Å². The Morgan fingerprint density at radius 2 is 2.00 bits per heavy atom. The fourth-order valence-electron chi connectivity index (χ4n) is 0.900. The van der Waals surface area contributed by atoms with Gasteiger partial charge in [0.15, 0.2) is 4.84 Å². The third-order valence-electron chi connectivity index (χ3n) is 1.66. The number of alkyl halides is 2. The summed E-state index contributed by atoms with van der Waals surface area (Å²) in [4.78, 5) is 20.4. The molecule has 1 amide bonds. The Morgan fingerprint density at radius 1 is 1.43 bits per heavy atom. The van der Waals surface area contributed by atoms with Crippen LogP contribution in [0, 0.1) is 0 Å². The highest BCUT2D eigenvalue weighted by Gasteiger charge is 2.21. The van der Waals surface area contributed by atoms with Crippen molar-refractivity contribution in [3.63, 3.8) is 0 Å². The molecule has 0 saturated carbocycles. The average molecular weight is 242 g/mol. The van der Waals surface area contributed by atoms with Crippen LogP contribution in [0.1, 0.15) is 26.2 Å². The molecule has 0 aromatic rings. The number of carboxylic acids is 1. The summed E-state index contributed by atoms with van der Waals surface area (Å²) < 4.78 is 0. The Kier molecular flexibility index (Phi) is 6.66. The number of nitrogens with one attached hydrogen (secondary N) is 1. The first-order valence-corrected chi connectivity index (χ1v) is 5.17. The predicted molar refractivity (Wildman–Crippen MR) is 54.6 cm³/mol. The van der Waals surface area contributed by atoms with Crippen LogP contribution >= 0.6 is 23.2 Å². The molecule has 1 atom stereocenters. The molecule has 0 rings (SSSR count). The van der Waals surface area contributed by atoms with E-state index in [1.54, 1.807) is 0 Å². The summed E-state index contributed by atoms with van der Waals surface area (Å²) in [7, 11) is 0. The number of amides is 1. The molecule has 0 spiro atoms. The Labute approximate surface area is 92.6 Å². The van der Waals surface area contributed by atoms with E-state index in [2.05, 4.69) is 5.32 Å². The van der Waals surface area contributed by atoms with Crippen molar-refractivity contribution >= 4 is 35.1 Å². The number of aliphatic carboxylic acids is 1. The summed E-state index contributed by atoms with van der Waals surface area (Å²) in [6.45, 7) is 1.94. The zero-order valence-electron chi connectivity index (χ0n) is 7.80. The molecule has 0 saturated heterocycles. The Morgan fingerprint density at radius 3 is 2.36 bits per heavy atom. The van der Waals surface area contributed by atoms with Crippen molar-refractivity contribution in [1.82, 2.24) is 5.32 Å². The first-order chi connectivity index (χ1) is 6.49. The standard InChI is InChI=1S/C8H13Cl2NO3/c1-2-3-4-5(8(13)14)11-7(12)6(9)10/h5-6H,2-4H2,1H3,(H,11,12)(H,13,14). The number of carbonyl (C=O) groups is 2. The molecule has 14 heavy (non-hydrogen) atoms. The first kappa shape index (κ1) is 13.5. The van der Waals surface area contributed by atoms with E-state index in [4.69, 9.17) is 28.3 Å². The van der Waals surface area contributed by atoms with E-state index in [1.807, 2.05) is 6.92 Å². The molecule has 0 radical (unpaired) electrons. The number of carboxylic acid groups (broad SMARTS) is 1. The number of rotatable bonds is 6. The minimum Gasteiger partial charge on any atom is -0.480 e. The van der Waals surface area contributed by atoms with E-state index in [1.165, 1.54) is 0 Å². The SMILES string of the molecule is CCCCC(NC(=O)C(Cl)Cl)C(=O)O. The van der Waals surface area contributed by atoms with Gasteiger partial charge in [-0.2, -0.15) is 0 Å². The molecule has 0 aliphatic heterocycles. The van der Waals surface area contributed by atoms with Gasteiger partial charge in [0.1, 0.15) is 6.04 Å². The minimum atomic E-state index is -1.22. The van der Waals surface area contributed by atoms with Gasteiger partial charge in [0.2, 0.25) is 0 Å². The van der Waals surface area contributed by atoms with Crippen LogP contribution in [0.25, 0.3) is 0 Å². The second-order valence-electron chi connectivity index (χ2n) is 2.84. The van der Waals surface area contributed by atoms with Gasteiger partial charge in [-0.25, -0.2) is 4.79 Å². The largest absolute Gasteiger partial charge is 0.480 e. The molecule has 82 valence electrons. The van der Waals surface area contributed by atoms with Crippen molar-refractivity contribution in [2.75, 3.05) is 0 Å². The van der Waals surface area contributed by atoms with Gasteiger partial charge in [0.25, 0.3) is 5.91 Å². The highest BCUT2D eigenvalue weighted by Crippen LogP contribution is 2.05. The van der Waals surface area contributed by atoms with Gasteiger partial charge < -0.3 is 10.4 Å². The molecule has 6 heteroatoms. The second kappa shape index (κ2) is 6.90. The Hall–Kier alpha value is -0.480. The summed E-state index contributed by atoms with van der Waals surface area (Å²) in [5.74, 6) is -1.74. The van der Waals surface area contributed by atoms with E-state index in [0.29, 0.717) is 6.42 Å². The van der Waals surface area contributed by atoms with Crippen molar-refractivity contribution in [3.05, 3.63) is 0 Å². The lowest BCUT2D eigenvalue weighted by Crippen LogP contribution is -2.42. The van der Waals surface area contributed by atoms with Gasteiger partial charge in [0, 0.05) is 0 Å². The van der Waals surface area contributed by atoms with Gasteiger partial charge in [-0.3, -0.25) is 4.79 Å². The summed E-state index contributed by atoms with van der Waals surface area (Å²) in [5, 5.41) is 11.0. The lowest BCUT2D eigenvalue weighted by atomic mass is 10.1. The van der Waals surface area contributed by atoms with Crippen LogP contribution in [-0.4, -0.2) is 27.9 Å². The van der Waals surface area contributed by atoms with Crippen molar-refractivity contribution < 1.29 is 14.7 Å². The quantitative estimate of drug-likeness (QED) is 0.694. The molecule has 0 heterocycles. The van der Waals surface area contributed by atoms with Crippen molar-refractivity contribution in [2.24, 2.45) is 0 Å². The monoisotopic (exact) mass is 241 g/mol. The van der Waals surface area contributed by atoms with Gasteiger partial charge in [0.05, 0.1) is 0 Å². The molecule has 0 aliphatic carbocycles. The summed E-state index contributed by atoms with van der Waals surface area (Å²) >= 11 is 10.5. The maximum atomic E-state index is 11.0. The van der Waals surface area contributed by atoms with Gasteiger partial charge in [-0.15, -0.1) is 0 Å². The van der Waals surface area contributed by atoms with Crippen LogP contribution in [0.15, 0.2) is 0 Å². The average Bonchev–Trinajstić information content (AvgIpc) is 2.10. The molecule has 0 aliphatic rings. The first-order valence-electron chi connectivity index (χ1n) is 4.30. The minimum absolute atomic E-state index is 0.387. The van der Waals surface area contributed by atoms with Crippen LogP contribution in [0.5, 0.6) is 0 Å². The normalized spacial score (nSPS) is 12.6. The molecule has 0 fully saturated rings. The number of carbonyl (C=O) groups excluding carboxylic acids is 1. The van der Waals surface area contributed by atoms with Crippen LogP contribution < -0.4 is 5.32 Å². The van der Waals surface area contributed by atoms with Gasteiger partial charge in [-0.05, 0) is 6.42 Å². The Balaban J connectivity index is 4.09. The maximum Gasteiger partial charge on any atom is 0.326 e. The third kappa shape index (κ3) is 5.29. The lowest BCUT2D eigenvalue weighted by molar-refractivity contribution is -0.141. The molecule has 0 aromatic carbocycles. The van der Waals surface area contributed by atoms with Crippen molar-refractivity contribution in [1.29, 1.82) is 0 Å². The molecule has 0 bridgehead atoms. The zero-order valence-corrected chi connectivity index (χ0v) is 9.31. The molecule has 4 nitrogen and oxygen atoms in total. The number of hydrogen-bond donors (Lipinski definition) is 2. The van der Waals surface area contributed by atoms with Crippen LogP contribution in [0.2, 0.25) is 0 Å². The summed E-state index contributed by atoms with van der Waals surface area (Å²) in [5.41, 5.74) is 0. The predicted octanol–water partition coefficient (Wildman–Crippen LogP) is 1.55. The van der Waals surface area contributed by atoms with Gasteiger partial charge in [-0.1, -0.05) is 43.0 Å². The molecule has 1 unspecified atom stereocenters. The van der Waals surface area contributed by atoms with Crippen LogP contribution in [-0.2, 0) is 9.59 Å². The molecular weight excluding hydrogens is 229 g/mol. The topological polar surface area (TPSA) is 66.4 Å². The molecule has 2 N–H and O–H groups in total. The second-order valence-corrected chi connectivity index (χ2v) is 3.94. The molecule has 0 aromatic heterocycles. The fraction of sp³-hybridized carbons (Fsp3) is 0.750. The van der Waals surface area contributed by atoms with Crippen molar-refractivity contribution in [3.8, 4) is 0 Å². The fourth-order valence-corrected chi connectivity index (χ4v) is 1.03. The van der Waals surface area contributed by atoms with Crippen LogP contribution in [0.4, 0.5) is 0 Å². The van der Waals surface area contributed by atoms with E-state index in [0.717, 1.165) is 12.8 Å². The van der Waals surface area contributed by atoms with Crippen molar-refractivity contribution in [2.45, 2.75) is 37.1 Å². The zero-order chi connectivity index (χ0) is 11.1. The third-order valence-corrected chi connectivity index (χ3v) is 2.06. The summed E-state index contributed by atoms with van der Waals surface area (Å²) in [6, 6.07) is -0.901. The number of halogens is 2. The van der Waals surface area contributed by atoms with Gasteiger partial charge >= 0.3 is 5.97 Å².